The second kappa shape index (κ2) is 4.69. The Balaban J connectivity index is 2.95. The molecule has 1 aliphatic heterocycles. The van der Waals surface area contributed by atoms with Gasteiger partial charge in [0, 0.05) is 21.3 Å². The van der Waals surface area contributed by atoms with Crippen LogP contribution in [0.15, 0.2) is 0 Å². The number of hydrogen-bond donors (Lipinski definition) is 0. The van der Waals surface area contributed by atoms with E-state index < -0.39 is 13.3 Å². The van der Waals surface area contributed by atoms with Gasteiger partial charge in [-0.3, -0.25) is 0 Å². The maximum Gasteiger partial charge on any atom is 0.525 e. The van der Waals surface area contributed by atoms with Crippen LogP contribution in [0.1, 0.15) is 20.3 Å². The molecule has 1 saturated heterocycles. The zero-order chi connectivity index (χ0) is 11.7. The van der Waals surface area contributed by atoms with E-state index in [0.717, 1.165) is 0 Å². The highest BCUT2D eigenvalue weighted by atomic mass is 35.5. The smallest absolute Gasteiger partial charge is 0.376 e. The van der Waals surface area contributed by atoms with Crippen molar-refractivity contribution in [3.05, 3.63) is 0 Å². The number of alkyl halides is 1. The van der Waals surface area contributed by atoms with Crippen molar-refractivity contribution >= 4 is 20.4 Å². The molecule has 4 nitrogen and oxygen atoms in total. The van der Waals surface area contributed by atoms with E-state index in [1.165, 1.54) is 0 Å². The fourth-order valence-electron chi connectivity index (χ4n) is 2.02. The van der Waals surface area contributed by atoms with E-state index in [9.17, 15) is 0 Å². The van der Waals surface area contributed by atoms with Crippen LogP contribution in [-0.2, 0) is 18.0 Å². The van der Waals surface area contributed by atoms with Gasteiger partial charge in [0.2, 0.25) is 0 Å². The molecular formula is C9H19ClO4Si. The lowest BCUT2D eigenvalue weighted by atomic mass is 10.2. The maximum absolute atomic E-state index is 6.60. The largest absolute Gasteiger partial charge is 0.525 e. The third-order valence-electron chi connectivity index (χ3n) is 2.99. The molecule has 90 valence electrons. The topological polar surface area (TPSA) is 40.2 Å². The third-order valence-corrected chi connectivity index (χ3v) is 7.44. The van der Waals surface area contributed by atoms with E-state index in [1.807, 2.05) is 13.8 Å². The molecule has 0 amide bonds. The molecule has 0 aromatic heterocycles. The second-order valence-electron chi connectivity index (χ2n) is 3.65. The van der Waals surface area contributed by atoms with Crippen molar-refractivity contribution < 1.29 is 18.0 Å². The molecule has 3 atom stereocenters. The summed E-state index contributed by atoms with van der Waals surface area (Å²) in [6, 6.07) is 0. The summed E-state index contributed by atoms with van der Waals surface area (Å²) in [7, 11) is 1.83. The Morgan fingerprint density at radius 3 is 1.87 bits per heavy atom. The van der Waals surface area contributed by atoms with Crippen molar-refractivity contribution in [1.29, 1.82) is 0 Å². The van der Waals surface area contributed by atoms with Gasteiger partial charge in [0.25, 0.3) is 0 Å². The van der Waals surface area contributed by atoms with E-state index in [-0.39, 0.29) is 12.2 Å². The Bertz CT molecular complexity index is 216. The first kappa shape index (κ1) is 13.4. The third kappa shape index (κ3) is 1.97. The molecule has 0 saturated carbocycles. The summed E-state index contributed by atoms with van der Waals surface area (Å²) < 4.78 is 21.0. The van der Waals surface area contributed by atoms with Gasteiger partial charge >= 0.3 is 8.80 Å². The normalized spacial score (nSPS) is 30.0. The van der Waals surface area contributed by atoms with E-state index in [1.54, 1.807) is 21.3 Å². The van der Waals surface area contributed by atoms with Crippen LogP contribution in [0, 0.1) is 0 Å². The number of ether oxygens (including phenoxy) is 1. The molecule has 0 aliphatic carbocycles. The summed E-state index contributed by atoms with van der Waals surface area (Å²) in [5, 5.41) is 0. The van der Waals surface area contributed by atoms with Gasteiger partial charge < -0.3 is 18.0 Å². The quantitative estimate of drug-likeness (QED) is 0.410. The zero-order valence-corrected chi connectivity index (χ0v) is 11.6. The first-order chi connectivity index (χ1) is 7.01. The molecule has 0 aromatic carbocycles. The van der Waals surface area contributed by atoms with E-state index >= 15 is 0 Å². The van der Waals surface area contributed by atoms with Crippen molar-refractivity contribution in [3.63, 3.8) is 0 Å². The van der Waals surface area contributed by atoms with Crippen molar-refractivity contribution in [2.45, 2.75) is 37.0 Å². The van der Waals surface area contributed by atoms with Crippen molar-refractivity contribution in [2.75, 3.05) is 21.3 Å². The average molecular weight is 255 g/mol. The molecule has 15 heavy (non-hydrogen) atoms. The molecule has 6 heteroatoms. The van der Waals surface area contributed by atoms with Crippen LogP contribution in [-0.4, -0.2) is 46.8 Å². The van der Waals surface area contributed by atoms with Gasteiger partial charge in [-0.15, -0.1) is 11.6 Å². The van der Waals surface area contributed by atoms with Crippen molar-refractivity contribution in [2.24, 2.45) is 0 Å². The van der Waals surface area contributed by atoms with Gasteiger partial charge in [0.15, 0.2) is 0 Å². The van der Waals surface area contributed by atoms with Crippen LogP contribution in [0.4, 0.5) is 0 Å². The van der Waals surface area contributed by atoms with Crippen LogP contribution in [0.2, 0.25) is 0 Å². The number of halogens is 1. The molecule has 1 heterocycles. The van der Waals surface area contributed by atoms with Crippen LogP contribution in [0.5, 0.6) is 0 Å². The summed E-state index contributed by atoms with van der Waals surface area (Å²) in [5.41, 5.74) is 0. The lowest BCUT2D eigenvalue weighted by Gasteiger charge is -2.37. The summed E-state index contributed by atoms with van der Waals surface area (Å²) in [6.07, 6.45) is 0.788. The number of hydrogen-bond acceptors (Lipinski definition) is 4. The van der Waals surface area contributed by atoms with Crippen LogP contribution >= 0.6 is 11.6 Å². The van der Waals surface area contributed by atoms with Gasteiger partial charge in [0.1, 0.15) is 10.6 Å². The van der Waals surface area contributed by atoms with E-state index in [4.69, 9.17) is 29.6 Å². The number of rotatable bonds is 6. The van der Waals surface area contributed by atoms with E-state index in [2.05, 4.69) is 0 Å². The first-order valence-corrected chi connectivity index (χ1v) is 7.11. The standard InChI is InChI=1S/C9H19ClO4Si/c1-6-9(10,8-7(2)14-8)15(11-3,12-4)13-5/h7-8H,6H2,1-5H3. The summed E-state index contributed by atoms with van der Waals surface area (Å²) >= 11 is 6.60. The van der Waals surface area contributed by atoms with Gasteiger partial charge in [0.05, 0.1) is 6.10 Å². The van der Waals surface area contributed by atoms with Crippen molar-refractivity contribution in [3.8, 4) is 0 Å². The molecule has 1 aliphatic rings. The van der Waals surface area contributed by atoms with Gasteiger partial charge in [-0.1, -0.05) is 6.92 Å². The van der Waals surface area contributed by atoms with Gasteiger partial charge in [-0.2, -0.15) is 0 Å². The highest BCUT2D eigenvalue weighted by Gasteiger charge is 2.68. The number of epoxide rings is 1. The SMILES string of the molecule is CCC(Cl)(C1OC1C)[Si](OC)(OC)OC. The molecular weight excluding hydrogens is 236 g/mol. The monoisotopic (exact) mass is 254 g/mol. The van der Waals surface area contributed by atoms with Crippen LogP contribution in [0.25, 0.3) is 0 Å². The van der Waals surface area contributed by atoms with Crippen LogP contribution in [0.3, 0.4) is 0 Å². The average Bonchev–Trinajstić information content (AvgIpc) is 2.99. The molecule has 0 radical (unpaired) electrons. The lowest BCUT2D eigenvalue weighted by Crippen LogP contribution is -2.63. The summed E-state index contributed by atoms with van der Waals surface area (Å²) in [4.78, 5) is 0. The minimum Gasteiger partial charge on any atom is -0.376 e. The fourth-order valence-corrected chi connectivity index (χ4v) is 5.54. The minimum absolute atomic E-state index is 0.0457. The molecule has 0 N–H and O–H groups in total. The highest BCUT2D eigenvalue weighted by Crippen LogP contribution is 2.45. The zero-order valence-electron chi connectivity index (χ0n) is 9.87. The molecule has 3 unspecified atom stereocenters. The highest BCUT2D eigenvalue weighted by molar-refractivity contribution is 6.74. The van der Waals surface area contributed by atoms with Gasteiger partial charge in [-0.25, -0.2) is 0 Å². The van der Waals surface area contributed by atoms with Gasteiger partial charge in [-0.05, 0) is 13.3 Å². The molecule has 0 bridgehead atoms. The molecule has 1 rings (SSSR count). The van der Waals surface area contributed by atoms with Crippen molar-refractivity contribution in [1.82, 2.24) is 0 Å². The Morgan fingerprint density at radius 2 is 1.67 bits per heavy atom. The second-order valence-corrected chi connectivity index (χ2v) is 7.87. The van der Waals surface area contributed by atoms with Crippen LogP contribution < -0.4 is 0 Å². The Kier molecular flexibility index (Phi) is 4.19. The molecule has 0 aromatic rings. The summed E-state index contributed by atoms with van der Waals surface area (Å²) in [5.74, 6) is 0. The van der Waals surface area contributed by atoms with E-state index in [0.29, 0.717) is 6.42 Å². The Labute approximate surface area is 97.2 Å². The Morgan fingerprint density at radius 1 is 1.27 bits per heavy atom. The molecule has 0 spiro atoms. The maximum atomic E-state index is 6.60. The molecule has 1 fully saturated rings. The first-order valence-electron chi connectivity index (χ1n) is 5.01. The summed E-state index contributed by atoms with van der Waals surface area (Å²) in [6.45, 7) is 3.97. The minimum atomic E-state index is -2.87. The predicted octanol–water partition coefficient (Wildman–Crippen LogP) is 1.58. The lowest BCUT2D eigenvalue weighted by molar-refractivity contribution is 0.0987. The Hall–Kier alpha value is 0.347. The fraction of sp³-hybridized carbons (Fsp3) is 1.00. The predicted molar refractivity (Wildman–Crippen MR) is 60.0 cm³/mol.